The van der Waals surface area contributed by atoms with Crippen LogP contribution in [0.15, 0.2) is 12.1 Å². The number of rotatable bonds is 3. The molecule has 0 saturated heterocycles. The van der Waals surface area contributed by atoms with Gasteiger partial charge in [0.1, 0.15) is 10.7 Å². The lowest BCUT2D eigenvalue weighted by molar-refractivity contribution is 0.0893. The molecule has 2 rings (SSSR count). The van der Waals surface area contributed by atoms with Crippen LogP contribution in [-0.4, -0.2) is 16.4 Å². The van der Waals surface area contributed by atoms with Crippen LogP contribution in [0.4, 0.5) is 0 Å². The second-order valence-corrected chi connectivity index (χ2v) is 6.24. The Hall–Kier alpha value is -1.60. The van der Waals surface area contributed by atoms with Crippen molar-refractivity contribution in [2.75, 3.05) is 0 Å². The number of aryl methyl sites for hydroxylation is 1. The molecule has 1 saturated carbocycles. The van der Waals surface area contributed by atoms with Gasteiger partial charge in [-0.2, -0.15) is 5.26 Å². The van der Waals surface area contributed by atoms with Crippen molar-refractivity contribution in [3.8, 4) is 6.07 Å². The van der Waals surface area contributed by atoms with Crippen LogP contribution in [0.1, 0.15) is 55.6 Å². The molecule has 21 heavy (non-hydrogen) atoms. The number of pyridine rings is 1. The van der Waals surface area contributed by atoms with E-state index in [2.05, 4.69) is 23.3 Å². The van der Waals surface area contributed by atoms with Crippen LogP contribution in [0.5, 0.6) is 0 Å². The molecule has 1 N–H and O–H groups in total. The van der Waals surface area contributed by atoms with E-state index in [9.17, 15) is 10.1 Å². The highest BCUT2D eigenvalue weighted by molar-refractivity contribution is 6.29. The summed E-state index contributed by atoms with van der Waals surface area (Å²) in [6.07, 6.45) is 4.05. The molecule has 0 aromatic carbocycles. The van der Waals surface area contributed by atoms with Gasteiger partial charge in [-0.1, -0.05) is 25.4 Å². The molecule has 4 nitrogen and oxygen atoms in total. The molecule has 1 aliphatic carbocycles. The number of amides is 1. The van der Waals surface area contributed by atoms with E-state index in [-0.39, 0.29) is 5.91 Å². The molecule has 0 atom stereocenters. The third-order valence-corrected chi connectivity index (χ3v) is 4.36. The molecule has 1 amide bonds. The van der Waals surface area contributed by atoms with Crippen LogP contribution < -0.4 is 5.32 Å². The van der Waals surface area contributed by atoms with Crippen LogP contribution in [0.2, 0.25) is 5.15 Å². The van der Waals surface area contributed by atoms with E-state index in [0.29, 0.717) is 35.9 Å². The number of nitrogens with one attached hydrogen (secondary N) is 1. The third kappa shape index (κ3) is 3.74. The van der Waals surface area contributed by atoms with Crippen LogP contribution in [-0.2, 0) is 6.42 Å². The van der Waals surface area contributed by atoms with Gasteiger partial charge in [0.05, 0.1) is 6.07 Å². The fourth-order valence-electron chi connectivity index (χ4n) is 2.67. The molecule has 0 spiro atoms. The molecule has 1 fully saturated rings. The highest BCUT2D eigenvalue weighted by atomic mass is 35.5. The lowest BCUT2D eigenvalue weighted by Crippen LogP contribution is -2.49. The summed E-state index contributed by atoms with van der Waals surface area (Å²) in [4.78, 5) is 16.6. The predicted octanol–water partition coefficient (Wildman–Crippen LogP) is 3.50. The lowest BCUT2D eigenvalue weighted by Gasteiger charge is -2.34. The van der Waals surface area contributed by atoms with Gasteiger partial charge in [-0.3, -0.25) is 4.79 Å². The number of nitriles is 1. The first-order valence-corrected chi connectivity index (χ1v) is 7.76. The Labute approximate surface area is 130 Å². The fourth-order valence-corrected chi connectivity index (χ4v) is 2.90. The highest BCUT2D eigenvalue weighted by Crippen LogP contribution is 2.31. The smallest absolute Gasteiger partial charge is 0.252 e. The molecular formula is C16H20ClN3O. The number of nitrogens with zero attached hydrogens (tertiary/aromatic N) is 2. The van der Waals surface area contributed by atoms with Crippen molar-refractivity contribution in [2.45, 2.75) is 51.5 Å². The normalized spacial score (nSPS) is 25.1. The first-order chi connectivity index (χ1) is 9.98. The Balaban J connectivity index is 2.17. The van der Waals surface area contributed by atoms with Gasteiger partial charge < -0.3 is 5.32 Å². The summed E-state index contributed by atoms with van der Waals surface area (Å²) in [5.41, 5.74) is 0.502. The molecule has 0 aliphatic heterocycles. The van der Waals surface area contributed by atoms with E-state index in [1.54, 1.807) is 12.1 Å². The average molecular weight is 306 g/mol. The maximum Gasteiger partial charge on any atom is 0.252 e. The summed E-state index contributed by atoms with van der Waals surface area (Å²) in [5.74, 6) is 0.371. The second kappa shape index (κ2) is 6.44. The van der Waals surface area contributed by atoms with Crippen molar-refractivity contribution in [3.05, 3.63) is 28.5 Å². The topological polar surface area (TPSA) is 65.8 Å². The summed E-state index contributed by atoms with van der Waals surface area (Å²) in [6.45, 7) is 4.14. The zero-order chi connectivity index (χ0) is 15.5. The molecule has 1 aliphatic rings. The van der Waals surface area contributed by atoms with Crippen molar-refractivity contribution in [2.24, 2.45) is 5.92 Å². The van der Waals surface area contributed by atoms with Gasteiger partial charge in [0.15, 0.2) is 0 Å². The molecule has 5 heteroatoms. The molecular weight excluding hydrogens is 286 g/mol. The van der Waals surface area contributed by atoms with Gasteiger partial charge in [0.25, 0.3) is 5.91 Å². The summed E-state index contributed by atoms with van der Waals surface area (Å²) in [7, 11) is 0. The van der Waals surface area contributed by atoms with Crippen LogP contribution in [0.25, 0.3) is 0 Å². The van der Waals surface area contributed by atoms with Gasteiger partial charge in [0, 0.05) is 11.3 Å². The Morgan fingerprint density at radius 1 is 1.52 bits per heavy atom. The lowest BCUT2D eigenvalue weighted by atomic mass is 9.78. The summed E-state index contributed by atoms with van der Waals surface area (Å²) in [6, 6.07) is 5.58. The monoisotopic (exact) mass is 305 g/mol. The number of halogens is 1. The van der Waals surface area contributed by atoms with Crippen molar-refractivity contribution in [3.63, 3.8) is 0 Å². The van der Waals surface area contributed by atoms with E-state index < -0.39 is 5.54 Å². The first kappa shape index (κ1) is 15.8. The second-order valence-electron chi connectivity index (χ2n) is 5.85. The molecule has 112 valence electrons. The number of hydrogen-bond donors (Lipinski definition) is 1. The minimum Gasteiger partial charge on any atom is -0.334 e. The van der Waals surface area contributed by atoms with Gasteiger partial charge >= 0.3 is 0 Å². The Morgan fingerprint density at radius 2 is 2.19 bits per heavy atom. The highest BCUT2D eigenvalue weighted by Gasteiger charge is 2.36. The molecule has 1 aromatic heterocycles. The Morgan fingerprint density at radius 3 is 2.76 bits per heavy atom. The Kier molecular flexibility index (Phi) is 4.84. The van der Waals surface area contributed by atoms with E-state index in [4.69, 9.17) is 11.6 Å². The minimum atomic E-state index is -0.744. The number of aromatic nitrogens is 1. The van der Waals surface area contributed by atoms with Crippen molar-refractivity contribution in [1.29, 1.82) is 5.26 Å². The van der Waals surface area contributed by atoms with Gasteiger partial charge in [-0.15, -0.1) is 0 Å². The van der Waals surface area contributed by atoms with Gasteiger partial charge in [0.2, 0.25) is 0 Å². The minimum absolute atomic E-state index is 0.245. The maximum atomic E-state index is 12.4. The Bertz CT molecular complexity index is 571. The SMILES string of the molecule is CCc1cc(C(=O)NC2(C#N)CCC(C)CC2)cc(Cl)n1. The molecule has 0 unspecified atom stereocenters. The third-order valence-electron chi connectivity index (χ3n) is 4.17. The molecule has 0 bridgehead atoms. The van der Waals surface area contributed by atoms with E-state index in [0.717, 1.165) is 18.5 Å². The van der Waals surface area contributed by atoms with Crippen molar-refractivity contribution < 1.29 is 4.79 Å². The van der Waals surface area contributed by atoms with Crippen LogP contribution >= 0.6 is 11.6 Å². The number of hydrogen-bond acceptors (Lipinski definition) is 3. The zero-order valence-corrected chi connectivity index (χ0v) is 13.2. The quantitative estimate of drug-likeness (QED) is 0.869. The van der Waals surface area contributed by atoms with Crippen molar-refractivity contribution in [1.82, 2.24) is 10.3 Å². The summed E-state index contributed by atoms with van der Waals surface area (Å²) in [5, 5.41) is 12.7. The first-order valence-electron chi connectivity index (χ1n) is 7.38. The van der Waals surface area contributed by atoms with Gasteiger partial charge in [-0.05, 0) is 50.2 Å². The number of carbonyl (C=O) groups is 1. The summed E-state index contributed by atoms with van der Waals surface area (Å²) < 4.78 is 0. The van der Waals surface area contributed by atoms with Crippen LogP contribution in [0.3, 0.4) is 0 Å². The standard InChI is InChI=1S/C16H20ClN3O/c1-3-13-8-12(9-14(17)19-13)15(21)20-16(10-18)6-4-11(2)5-7-16/h8-9,11H,3-7H2,1-2H3,(H,20,21). The van der Waals surface area contributed by atoms with Crippen molar-refractivity contribution >= 4 is 17.5 Å². The molecule has 0 radical (unpaired) electrons. The van der Waals surface area contributed by atoms with E-state index >= 15 is 0 Å². The van der Waals surface area contributed by atoms with Crippen LogP contribution in [0, 0.1) is 17.2 Å². The molecule has 1 heterocycles. The predicted molar refractivity (Wildman–Crippen MR) is 82.1 cm³/mol. The van der Waals surface area contributed by atoms with E-state index in [1.807, 2.05) is 6.92 Å². The average Bonchev–Trinajstić information content (AvgIpc) is 2.49. The van der Waals surface area contributed by atoms with E-state index in [1.165, 1.54) is 0 Å². The maximum absolute atomic E-state index is 12.4. The largest absolute Gasteiger partial charge is 0.334 e. The summed E-state index contributed by atoms with van der Waals surface area (Å²) >= 11 is 5.95. The number of carbonyl (C=O) groups excluding carboxylic acids is 1. The molecule has 1 aromatic rings. The fraction of sp³-hybridized carbons (Fsp3) is 0.562. The zero-order valence-electron chi connectivity index (χ0n) is 12.4. The van der Waals surface area contributed by atoms with Gasteiger partial charge in [-0.25, -0.2) is 4.98 Å².